The van der Waals surface area contributed by atoms with Gasteiger partial charge in [0.25, 0.3) is 0 Å². The van der Waals surface area contributed by atoms with Crippen LogP contribution in [0.2, 0.25) is 0 Å². The van der Waals surface area contributed by atoms with E-state index in [2.05, 4.69) is 40.3 Å². The Kier molecular flexibility index (Phi) is 17.3. The standard InChI is InChI=1S/C53H62N4O6/c1-56-28-24-36(14-18-39-9-5-6-10-40(39)26-30-58)8-3-2-4-12-43(59)20-15-37-17-23-50(61)52(33-37)63-31-27-38-16-22-49(60)47(32-38)46-35-51(62)45-25-29-57-48(45)13-7-11-41-34-42(53(54)55)19-21-44(41)46/h4-6,9-10,12,16-17,19,21-23,25,29,32-34,36,46,53,56,58,60-62H,2-3,8,13-15,18,20,24,26-28,30-31,35,54-55H2,1H3/p-1/b12-4+,51-45?/t36-,46+/m1/s1. The maximum atomic E-state index is 13.7. The zero-order valence-electron chi connectivity index (χ0n) is 36.3. The first kappa shape index (κ1) is 46.5. The molecule has 2 atom stereocenters. The molecule has 0 spiro atoms. The molecule has 0 saturated heterocycles. The number of carbonyl (C=O) groups excluding carboxylic acids is 1. The Morgan fingerprint density at radius 1 is 0.937 bits per heavy atom. The average molecular weight is 850 g/mol. The Labute approximate surface area is 372 Å². The van der Waals surface area contributed by atoms with Crippen LogP contribution in [0.25, 0.3) is 0 Å². The number of nitrogens with one attached hydrogen (secondary N) is 1. The zero-order chi connectivity index (χ0) is 44.6. The van der Waals surface area contributed by atoms with Gasteiger partial charge in [-0.15, -0.1) is 5.76 Å². The highest BCUT2D eigenvalue weighted by Gasteiger charge is 2.24. The molecule has 6 rings (SSSR count). The molecule has 0 bridgehead atoms. The number of allylic oxidation sites excluding steroid dienone is 5. The Bertz CT molecular complexity index is 2390. The Hall–Kier alpha value is -5.96. The third-order valence-corrected chi connectivity index (χ3v) is 12.0. The van der Waals surface area contributed by atoms with Gasteiger partial charge in [-0.25, -0.2) is 0 Å². The van der Waals surface area contributed by atoms with Gasteiger partial charge < -0.3 is 41.9 Å². The summed E-state index contributed by atoms with van der Waals surface area (Å²) in [6.07, 6.45) is 14.9. The molecule has 0 fully saturated rings. The van der Waals surface area contributed by atoms with Crippen molar-refractivity contribution in [2.75, 3.05) is 26.8 Å². The Balaban J connectivity index is 1.02. The highest BCUT2D eigenvalue weighted by Crippen LogP contribution is 2.39. The number of ketones is 1. The fourth-order valence-corrected chi connectivity index (χ4v) is 8.41. The van der Waals surface area contributed by atoms with Crippen molar-refractivity contribution in [1.29, 1.82) is 0 Å². The first-order valence-corrected chi connectivity index (χ1v) is 22.2. The van der Waals surface area contributed by atoms with Gasteiger partial charge in [-0.1, -0.05) is 78.9 Å². The number of nitrogens with zero attached hydrogens (tertiary/aromatic N) is 1. The molecule has 63 heavy (non-hydrogen) atoms. The number of aromatic hydroxyl groups is 2. The van der Waals surface area contributed by atoms with E-state index in [4.69, 9.17) is 16.2 Å². The van der Waals surface area contributed by atoms with Gasteiger partial charge in [-0.3, -0.25) is 9.79 Å². The monoisotopic (exact) mass is 849 g/mol. The van der Waals surface area contributed by atoms with E-state index in [1.807, 2.05) is 49.5 Å². The average Bonchev–Trinajstić information content (AvgIpc) is 3.76. The van der Waals surface area contributed by atoms with Crippen molar-refractivity contribution in [2.45, 2.75) is 89.1 Å². The molecule has 0 saturated carbocycles. The van der Waals surface area contributed by atoms with Gasteiger partial charge in [0.1, 0.15) is 5.75 Å². The fraction of sp³-hybridized carbons (Fsp3) is 0.358. The van der Waals surface area contributed by atoms with E-state index in [0.717, 1.165) is 61.8 Å². The molecule has 1 heterocycles. The van der Waals surface area contributed by atoms with Crippen LogP contribution in [-0.4, -0.2) is 53.6 Å². The summed E-state index contributed by atoms with van der Waals surface area (Å²) in [6.45, 7) is 1.37. The summed E-state index contributed by atoms with van der Waals surface area (Å²) in [5, 5.41) is 48.4. The maximum Gasteiger partial charge on any atom is 0.161 e. The molecule has 8 N–H and O–H groups in total. The van der Waals surface area contributed by atoms with Crippen molar-refractivity contribution in [3.63, 3.8) is 0 Å². The van der Waals surface area contributed by atoms with Crippen LogP contribution in [0.15, 0.2) is 120 Å². The van der Waals surface area contributed by atoms with E-state index in [-0.39, 0.29) is 42.7 Å². The molecule has 0 unspecified atom stereocenters. The minimum Gasteiger partial charge on any atom is -0.875 e. The number of aliphatic imine (C=N–C) groups is 1. The van der Waals surface area contributed by atoms with Gasteiger partial charge in [0.2, 0.25) is 0 Å². The van der Waals surface area contributed by atoms with Crippen LogP contribution >= 0.6 is 0 Å². The van der Waals surface area contributed by atoms with Gasteiger partial charge in [-0.05, 0) is 146 Å². The number of phenols is 2. The number of aryl methyl sites for hydroxylation is 2. The lowest BCUT2D eigenvalue weighted by atomic mass is 9.82. The summed E-state index contributed by atoms with van der Waals surface area (Å²) in [7, 11) is 1.99. The number of phenolic OH excluding ortho intramolecular Hbond substituents is 2. The molecule has 4 aromatic carbocycles. The summed E-state index contributed by atoms with van der Waals surface area (Å²) >= 11 is 0. The van der Waals surface area contributed by atoms with E-state index in [0.29, 0.717) is 71.7 Å². The van der Waals surface area contributed by atoms with Crippen LogP contribution < -0.4 is 26.6 Å². The lowest BCUT2D eigenvalue weighted by molar-refractivity contribution is -0.307. The lowest BCUT2D eigenvalue weighted by Crippen LogP contribution is -2.21. The fourth-order valence-electron chi connectivity index (χ4n) is 8.41. The summed E-state index contributed by atoms with van der Waals surface area (Å²) in [5.41, 5.74) is 20.3. The van der Waals surface area contributed by atoms with Gasteiger partial charge in [0.05, 0.1) is 24.9 Å². The van der Waals surface area contributed by atoms with Gasteiger partial charge in [-0.2, -0.15) is 0 Å². The molecule has 2 aliphatic rings. The second-order valence-electron chi connectivity index (χ2n) is 16.5. The number of carbonyl (C=O) groups is 1. The Morgan fingerprint density at radius 2 is 1.71 bits per heavy atom. The van der Waals surface area contributed by atoms with Gasteiger partial charge in [0, 0.05) is 42.7 Å². The van der Waals surface area contributed by atoms with E-state index in [1.165, 1.54) is 11.1 Å². The molecule has 0 radical (unpaired) electrons. The van der Waals surface area contributed by atoms with Crippen molar-refractivity contribution in [3.05, 3.63) is 159 Å². The molecular formula is C53H61N4O6-. The molecule has 330 valence electrons. The van der Waals surface area contributed by atoms with Gasteiger partial charge in [0.15, 0.2) is 17.3 Å². The van der Waals surface area contributed by atoms with Crippen molar-refractivity contribution in [1.82, 2.24) is 5.32 Å². The van der Waals surface area contributed by atoms with Crippen LogP contribution in [0.4, 0.5) is 0 Å². The lowest BCUT2D eigenvalue weighted by Gasteiger charge is -2.27. The van der Waals surface area contributed by atoms with E-state index >= 15 is 0 Å². The minimum absolute atomic E-state index is 0.00873. The summed E-state index contributed by atoms with van der Waals surface area (Å²) in [6, 6.07) is 24.5. The summed E-state index contributed by atoms with van der Waals surface area (Å²) in [4.78, 5) is 17.2. The maximum absolute atomic E-state index is 13.7. The first-order chi connectivity index (χ1) is 30.6. The van der Waals surface area contributed by atoms with E-state index in [9.17, 15) is 25.2 Å². The van der Waals surface area contributed by atoms with Crippen LogP contribution in [-0.2, 0) is 30.5 Å². The normalized spacial score (nSPS) is 15.2. The third-order valence-electron chi connectivity index (χ3n) is 12.0. The van der Waals surface area contributed by atoms with Crippen LogP contribution in [0, 0.1) is 17.8 Å². The molecule has 0 amide bonds. The predicted octanol–water partition coefficient (Wildman–Crippen LogP) is 7.12. The number of nitrogens with two attached hydrogens (primary N) is 2. The quantitative estimate of drug-likeness (QED) is 0.0207. The van der Waals surface area contributed by atoms with Crippen molar-refractivity contribution in [3.8, 4) is 29.1 Å². The molecule has 1 aliphatic carbocycles. The number of aliphatic hydroxyl groups is 1. The zero-order valence-corrected chi connectivity index (χ0v) is 36.3. The number of fused-ring (bicyclic) bond motifs is 2. The number of rotatable bonds is 22. The molecule has 1 aliphatic heterocycles. The highest BCUT2D eigenvalue weighted by molar-refractivity contribution is 6.06. The van der Waals surface area contributed by atoms with Crippen molar-refractivity contribution in [2.24, 2.45) is 22.4 Å². The topological polar surface area (TPSA) is 186 Å². The number of hydrogen-bond donors (Lipinski definition) is 6. The Morgan fingerprint density at radius 3 is 2.49 bits per heavy atom. The number of aliphatic hydroxyl groups excluding tert-OH is 1. The van der Waals surface area contributed by atoms with E-state index in [1.54, 1.807) is 42.6 Å². The molecular weight excluding hydrogens is 789 g/mol. The summed E-state index contributed by atoms with van der Waals surface area (Å²) < 4.78 is 6.08. The molecule has 10 heteroatoms. The third kappa shape index (κ3) is 13.3. The first-order valence-electron chi connectivity index (χ1n) is 22.2. The van der Waals surface area contributed by atoms with Crippen molar-refractivity contribution >= 4 is 11.5 Å². The van der Waals surface area contributed by atoms with Gasteiger partial charge >= 0.3 is 0 Å². The smallest absolute Gasteiger partial charge is 0.161 e. The van der Waals surface area contributed by atoms with Crippen LogP contribution in [0.1, 0.15) is 108 Å². The highest BCUT2D eigenvalue weighted by atomic mass is 16.5. The summed E-state index contributed by atoms with van der Waals surface area (Å²) in [5.74, 6) is 6.84. The second-order valence-corrected chi connectivity index (χ2v) is 16.5. The number of unbranched alkanes of at least 4 members (excludes halogenated alkanes) is 1. The predicted molar refractivity (Wildman–Crippen MR) is 248 cm³/mol. The molecule has 0 aromatic heterocycles. The minimum atomic E-state index is -0.699. The van der Waals surface area contributed by atoms with Crippen molar-refractivity contribution < 1.29 is 30.0 Å². The number of hydrogen-bond acceptors (Lipinski definition) is 10. The molecule has 10 nitrogen and oxygen atoms in total. The number of ether oxygens (including phenoxy) is 1. The molecule has 4 aromatic rings. The van der Waals surface area contributed by atoms with Crippen LogP contribution in [0.5, 0.6) is 17.2 Å². The van der Waals surface area contributed by atoms with E-state index < -0.39 is 12.1 Å². The number of benzene rings is 4. The largest absolute Gasteiger partial charge is 0.875 e. The second kappa shape index (κ2) is 23.5. The van der Waals surface area contributed by atoms with Crippen LogP contribution in [0.3, 0.4) is 0 Å². The SMILES string of the molecule is CNCC[C@H](CCC/C=C/C(=O)CCc1ccc(O)c(OCCc2ccc(O)c([C@H]3CC([O-])=C4C=CN=C4CC#Cc4cc(C(N)N)ccc43)c2)c1)CCc1ccccc1CCO.